The van der Waals surface area contributed by atoms with Gasteiger partial charge in [-0.1, -0.05) is 0 Å². The van der Waals surface area contributed by atoms with E-state index in [-0.39, 0.29) is 16.3 Å². The molecule has 41 heavy (non-hydrogen) atoms. The second-order valence-electron chi connectivity index (χ2n) is 7.97. The van der Waals surface area contributed by atoms with Gasteiger partial charge in [0.05, 0.1) is 10.8 Å². The first-order valence-corrected chi connectivity index (χ1v) is 11.4. The molecule has 2 aromatic rings. The van der Waals surface area contributed by atoms with Crippen LogP contribution in [0, 0.1) is 12.7 Å². The largest absolute Gasteiger partial charge is 0.472 e. The molecule has 0 radical (unpaired) electrons. The smallest absolute Gasteiger partial charge is 0.408 e. The lowest BCUT2D eigenvalue weighted by molar-refractivity contribution is -0.445. The average Bonchev–Trinajstić information content (AvgIpc) is 3.11. The molecule has 22 heteroatoms. The van der Waals surface area contributed by atoms with Crippen LogP contribution in [0.4, 0.5) is 71.7 Å². The lowest BCUT2D eigenvalue weighted by atomic mass is 10.0. The second kappa shape index (κ2) is 10.6. The Bertz CT molecular complexity index is 1340. The number of benzene rings is 1. The van der Waals surface area contributed by atoms with Crippen LogP contribution in [0.5, 0.6) is 5.88 Å². The molecule has 1 aromatic carbocycles. The number of anilines is 1. The van der Waals surface area contributed by atoms with Crippen LogP contribution in [0.25, 0.3) is 5.69 Å². The summed E-state index contributed by atoms with van der Waals surface area (Å²) in [4.78, 5) is 10.7. The maximum absolute atomic E-state index is 14.7. The van der Waals surface area contributed by atoms with Crippen molar-refractivity contribution in [1.82, 2.24) is 9.78 Å². The van der Waals surface area contributed by atoms with E-state index in [1.165, 1.54) is 0 Å². The summed E-state index contributed by atoms with van der Waals surface area (Å²) in [7, 11) is -2.94. The zero-order valence-corrected chi connectivity index (χ0v) is 20.5. The fourth-order valence-electron chi connectivity index (χ4n) is 2.89. The Kier molecular flexibility index (Phi) is 8.77. The topological polar surface area (TPSA) is 73.2 Å². The van der Waals surface area contributed by atoms with E-state index in [9.17, 15) is 74.9 Å². The Balaban J connectivity index is 2.65. The fraction of sp³-hybridized carbons (Fsp3) is 0.474. The lowest BCUT2D eigenvalue weighted by Gasteiger charge is -2.36. The summed E-state index contributed by atoms with van der Waals surface area (Å²) in [5.74, 6) is -30.8. The molecule has 232 valence electrons. The molecule has 0 bridgehead atoms. The van der Waals surface area contributed by atoms with Crippen LogP contribution in [0.2, 0.25) is 0 Å². The maximum Gasteiger partial charge on any atom is 0.472 e. The molecule has 1 unspecified atom stereocenters. The molecule has 0 fully saturated rings. The number of nitrogens with one attached hydrogen (secondary N) is 1. The van der Waals surface area contributed by atoms with Gasteiger partial charge in [-0.15, -0.1) is 5.10 Å². The van der Waals surface area contributed by atoms with Crippen LogP contribution in [0.1, 0.15) is 12.5 Å². The second-order valence-corrected chi connectivity index (χ2v) is 9.39. The number of amides is 1. The van der Waals surface area contributed by atoms with E-state index in [0.717, 1.165) is 6.92 Å². The maximum atomic E-state index is 14.7. The summed E-state index contributed by atoms with van der Waals surface area (Å²) >= 11 is 0. The highest BCUT2D eigenvalue weighted by atomic mass is 32.2. The van der Waals surface area contributed by atoms with Gasteiger partial charge < -0.3 is 10.1 Å². The van der Waals surface area contributed by atoms with Crippen LogP contribution < -0.4 is 10.1 Å². The van der Waals surface area contributed by atoms with Crippen molar-refractivity contribution in [3.8, 4) is 11.6 Å². The number of carbonyl (C=O) groups excluding carboxylic acids is 1. The van der Waals surface area contributed by atoms with Crippen molar-refractivity contribution in [3.63, 3.8) is 0 Å². The zero-order valence-electron chi connectivity index (χ0n) is 19.6. The summed E-state index contributed by atoms with van der Waals surface area (Å²) < 4.78 is 214. The Labute approximate surface area is 219 Å². The first kappa shape index (κ1) is 34.0. The first-order valence-electron chi connectivity index (χ1n) is 10.1. The number of halogens is 15. The van der Waals surface area contributed by atoms with E-state index in [1.54, 1.807) is 5.32 Å². The molecule has 0 spiro atoms. The molecular formula is C19H12F15N3O3S. The Morgan fingerprint density at radius 1 is 0.902 bits per heavy atom. The summed E-state index contributed by atoms with van der Waals surface area (Å²) in [6.07, 6.45) is -19.4. The van der Waals surface area contributed by atoms with Crippen molar-refractivity contribution >= 4 is 22.5 Å². The van der Waals surface area contributed by atoms with Gasteiger partial charge in [-0.25, -0.2) is 9.07 Å². The van der Waals surface area contributed by atoms with Gasteiger partial charge in [-0.3, -0.25) is 9.00 Å². The molecule has 0 saturated heterocycles. The van der Waals surface area contributed by atoms with Gasteiger partial charge in [-0.05, 0) is 24.6 Å². The molecule has 1 amide bonds. The number of aryl methyl sites for hydroxylation is 1. The third-order valence-corrected chi connectivity index (χ3v) is 6.27. The molecule has 1 aromatic heterocycles. The summed E-state index contributed by atoms with van der Waals surface area (Å²) in [5, 5.41) is 4.67. The van der Waals surface area contributed by atoms with Gasteiger partial charge in [0.15, 0.2) is 0 Å². The van der Waals surface area contributed by atoms with Gasteiger partial charge in [0, 0.05) is 17.9 Å². The quantitative estimate of drug-likeness (QED) is 0.321. The number of carbonyl (C=O) groups is 1. The molecular weight excluding hydrogens is 635 g/mol. The monoisotopic (exact) mass is 647 g/mol. The summed E-state index contributed by atoms with van der Waals surface area (Å²) in [6.45, 7) is 1.69. The highest BCUT2D eigenvalue weighted by Gasteiger charge is 2.88. The minimum atomic E-state index is -7.83. The lowest BCUT2D eigenvalue weighted by Crippen LogP contribution is -2.67. The minimum Gasteiger partial charge on any atom is -0.408 e. The Hall–Kier alpha value is -3.20. The van der Waals surface area contributed by atoms with Crippen molar-refractivity contribution in [2.75, 3.05) is 11.1 Å². The van der Waals surface area contributed by atoms with E-state index < -0.39 is 86.8 Å². The van der Waals surface area contributed by atoms with Crippen molar-refractivity contribution < 1.29 is 79.6 Å². The average molecular weight is 647 g/mol. The molecule has 0 aliphatic heterocycles. The molecule has 0 aliphatic rings. The van der Waals surface area contributed by atoms with Crippen LogP contribution in [-0.4, -0.2) is 61.9 Å². The molecule has 0 saturated carbocycles. The van der Waals surface area contributed by atoms with Gasteiger partial charge in [0.1, 0.15) is 23.1 Å². The normalized spacial score (nSPS) is 14.7. The van der Waals surface area contributed by atoms with E-state index in [0.29, 0.717) is 19.1 Å². The van der Waals surface area contributed by atoms with E-state index in [4.69, 9.17) is 0 Å². The van der Waals surface area contributed by atoms with Crippen molar-refractivity contribution in [2.45, 2.75) is 55.0 Å². The zero-order chi connectivity index (χ0) is 32.1. The summed E-state index contributed by atoms with van der Waals surface area (Å²) in [6, 6.07) is 0.803. The number of nitrogens with zero attached hydrogens (tertiary/aromatic N) is 2. The molecule has 2 rings (SSSR count). The summed E-state index contributed by atoms with van der Waals surface area (Å²) in [5.41, 5.74) is -1.48. The van der Waals surface area contributed by atoms with Crippen LogP contribution in [0.3, 0.4) is 0 Å². The molecule has 1 heterocycles. The molecule has 1 atom stereocenters. The van der Waals surface area contributed by atoms with E-state index in [1.807, 2.05) is 0 Å². The fourth-order valence-corrected chi connectivity index (χ4v) is 4.01. The number of rotatable bonds is 9. The Morgan fingerprint density at radius 2 is 1.44 bits per heavy atom. The molecule has 6 nitrogen and oxygen atoms in total. The van der Waals surface area contributed by atoms with Gasteiger partial charge in [0.2, 0.25) is 11.8 Å². The van der Waals surface area contributed by atoms with Crippen LogP contribution >= 0.6 is 0 Å². The van der Waals surface area contributed by atoms with Gasteiger partial charge >= 0.3 is 36.2 Å². The van der Waals surface area contributed by atoms with Crippen LogP contribution in [-0.2, 0) is 15.6 Å². The minimum absolute atomic E-state index is 0.0307. The SMILES string of the molecule is CC(=O)Nc1cc(OC(F)(F)C(F)(F)C(F)(F)C(F)(F)C(F)(F)F)nn1-c1cc(S(=O)CC(F)(F)F)c(C)cc1F. The predicted molar refractivity (Wildman–Crippen MR) is 106 cm³/mol. The number of ether oxygens (including phenoxy) is 1. The highest BCUT2D eigenvalue weighted by molar-refractivity contribution is 7.85. The third kappa shape index (κ3) is 6.50. The van der Waals surface area contributed by atoms with Crippen LogP contribution in [0.15, 0.2) is 23.1 Å². The van der Waals surface area contributed by atoms with Gasteiger partial charge in [0.25, 0.3) is 0 Å². The van der Waals surface area contributed by atoms with Crippen molar-refractivity contribution in [3.05, 3.63) is 29.6 Å². The number of alkyl halides is 14. The standard InChI is InChI=1S/C19H12F15N3O3S/c1-7-3-9(20)10(4-11(7)41(39)6-14(21,22)23)37-12(35-8(2)38)5-13(36-37)40-19(33,34)17(28,29)15(24,25)16(26,27)18(30,31)32/h3-5H,6H2,1-2H3,(H,35,38). The highest BCUT2D eigenvalue weighted by Crippen LogP contribution is 2.57. The first-order chi connectivity index (χ1) is 18.2. The van der Waals surface area contributed by atoms with E-state index >= 15 is 0 Å². The van der Waals surface area contributed by atoms with E-state index in [2.05, 4.69) is 9.84 Å². The van der Waals surface area contributed by atoms with Crippen molar-refractivity contribution in [2.24, 2.45) is 0 Å². The molecule has 0 aliphatic carbocycles. The third-order valence-electron chi connectivity index (χ3n) is 4.75. The van der Waals surface area contributed by atoms with Crippen molar-refractivity contribution in [1.29, 1.82) is 0 Å². The predicted octanol–water partition coefficient (Wildman–Crippen LogP) is 6.39. The van der Waals surface area contributed by atoms with Gasteiger partial charge in [-0.2, -0.15) is 61.5 Å². The number of hydrogen-bond donors (Lipinski definition) is 1. The number of aromatic nitrogens is 2. The molecule has 1 N–H and O–H groups in total. The number of hydrogen-bond acceptors (Lipinski definition) is 4. The Morgan fingerprint density at radius 3 is 1.90 bits per heavy atom.